The van der Waals surface area contributed by atoms with Crippen molar-refractivity contribution in [2.45, 2.75) is 44.7 Å². The summed E-state index contributed by atoms with van der Waals surface area (Å²) in [7, 11) is 0. The van der Waals surface area contributed by atoms with Crippen molar-refractivity contribution in [3.05, 3.63) is 12.4 Å². The molecule has 1 fully saturated rings. The summed E-state index contributed by atoms with van der Waals surface area (Å²) in [5, 5.41) is 16.4. The fraction of sp³-hybridized carbons (Fsp3) is 0.769. The highest BCUT2D eigenvalue weighted by Crippen LogP contribution is 2.21. The van der Waals surface area contributed by atoms with Crippen molar-refractivity contribution in [2.75, 3.05) is 25.1 Å². The van der Waals surface area contributed by atoms with Gasteiger partial charge in [0.25, 0.3) is 0 Å². The van der Waals surface area contributed by atoms with Gasteiger partial charge in [-0.15, -0.1) is 0 Å². The zero-order chi connectivity index (χ0) is 12.6. The number of anilines is 1. The van der Waals surface area contributed by atoms with E-state index in [9.17, 15) is 0 Å². The molecule has 1 aliphatic rings. The summed E-state index contributed by atoms with van der Waals surface area (Å²) in [5.74, 6) is 0. The Morgan fingerprint density at radius 2 is 2.17 bits per heavy atom. The first-order valence-corrected chi connectivity index (χ1v) is 6.86. The van der Waals surface area contributed by atoms with Crippen molar-refractivity contribution in [1.82, 2.24) is 9.78 Å². The van der Waals surface area contributed by atoms with Crippen molar-refractivity contribution >= 4 is 5.69 Å². The topological polar surface area (TPSA) is 59.3 Å². The van der Waals surface area contributed by atoms with Crippen LogP contribution < -0.4 is 5.32 Å². The number of rotatable bonds is 7. The van der Waals surface area contributed by atoms with Crippen LogP contribution in [0.3, 0.4) is 0 Å². The van der Waals surface area contributed by atoms with Crippen molar-refractivity contribution in [2.24, 2.45) is 0 Å². The number of nitrogens with zero attached hydrogens (tertiary/aromatic N) is 2. The first-order chi connectivity index (χ1) is 8.88. The lowest BCUT2D eigenvalue weighted by atomic mass is 9.95. The molecule has 0 aromatic carbocycles. The van der Waals surface area contributed by atoms with Crippen LogP contribution in [0, 0.1) is 0 Å². The molecule has 0 aliphatic heterocycles. The molecule has 0 unspecified atom stereocenters. The van der Waals surface area contributed by atoms with Crippen molar-refractivity contribution in [3.8, 4) is 0 Å². The van der Waals surface area contributed by atoms with Gasteiger partial charge in [0.2, 0.25) is 0 Å². The minimum Gasteiger partial charge on any atom is -0.394 e. The zero-order valence-corrected chi connectivity index (χ0v) is 10.8. The van der Waals surface area contributed by atoms with Gasteiger partial charge in [-0.05, 0) is 12.8 Å². The highest BCUT2D eigenvalue weighted by Gasteiger charge is 2.13. The summed E-state index contributed by atoms with van der Waals surface area (Å²) in [4.78, 5) is 0. The number of nitrogens with one attached hydrogen (secondary N) is 1. The molecular weight excluding hydrogens is 230 g/mol. The Balaban J connectivity index is 1.71. The van der Waals surface area contributed by atoms with E-state index >= 15 is 0 Å². The molecule has 0 spiro atoms. The van der Waals surface area contributed by atoms with Crippen LogP contribution in [-0.2, 0) is 11.3 Å². The number of hydrogen-bond donors (Lipinski definition) is 2. The van der Waals surface area contributed by atoms with Gasteiger partial charge in [0.1, 0.15) is 0 Å². The minimum absolute atomic E-state index is 0.0770. The molecule has 1 saturated carbocycles. The Morgan fingerprint density at radius 1 is 1.33 bits per heavy atom. The van der Waals surface area contributed by atoms with Gasteiger partial charge < -0.3 is 15.2 Å². The Morgan fingerprint density at radius 3 is 2.94 bits per heavy atom. The molecule has 5 heteroatoms. The first-order valence-electron chi connectivity index (χ1n) is 6.86. The molecule has 1 aromatic heterocycles. The molecule has 0 saturated heterocycles. The van der Waals surface area contributed by atoms with Gasteiger partial charge >= 0.3 is 0 Å². The van der Waals surface area contributed by atoms with E-state index < -0.39 is 0 Å². The Bertz CT molecular complexity index is 335. The molecular formula is C13H23N3O2. The third kappa shape index (κ3) is 4.31. The van der Waals surface area contributed by atoms with Crippen LogP contribution in [0.15, 0.2) is 12.4 Å². The lowest BCUT2D eigenvalue weighted by molar-refractivity contribution is 0.0854. The fourth-order valence-corrected chi connectivity index (χ4v) is 2.37. The molecule has 1 aromatic rings. The van der Waals surface area contributed by atoms with Crippen molar-refractivity contribution in [3.63, 3.8) is 0 Å². The molecule has 0 radical (unpaired) electrons. The van der Waals surface area contributed by atoms with Crippen LogP contribution in [0.2, 0.25) is 0 Å². The van der Waals surface area contributed by atoms with Gasteiger partial charge in [0.05, 0.1) is 38.2 Å². The second-order valence-corrected chi connectivity index (χ2v) is 4.81. The molecule has 2 N–H and O–H groups in total. The summed E-state index contributed by atoms with van der Waals surface area (Å²) in [6, 6.07) is 0.613. The average Bonchev–Trinajstić information content (AvgIpc) is 2.84. The molecule has 2 rings (SSSR count). The van der Waals surface area contributed by atoms with Gasteiger partial charge in [-0.25, -0.2) is 0 Å². The Kier molecular flexibility index (Phi) is 5.48. The highest BCUT2D eigenvalue weighted by molar-refractivity contribution is 5.39. The second kappa shape index (κ2) is 7.38. The van der Waals surface area contributed by atoms with E-state index in [4.69, 9.17) is 9.84 Å². The first kappa shape index (κ1) is 13.4. The predicted octanol–water partition coefficient (Wildman–Crippen LogP) is 1.64. The van der Waals surface area contributed by atoms with E-state index in [1.165, 1.54) is 32.1 Å². The number of hydrogen-bond acceptors (Lipinski definition) is 4. The maximum absolute atomic E-state index is 8.59. The molecule has 0 bridgehead atoms. The smallest absolute Gasteiger partial charge is 0.0728 e. The van der Waals surface area contributed by atoms with Crippen LogP contribution in [0.5, 0.6) is 0 Å². The number of aliphatic hydroxyl groups is 1. The van der Waals surface area contributed by atoms with E-state index in [1.54, 1.807) is 0 Å². The van der Waals surface area contributed by atoms with Crippen LogP contribution in [0.1, 0.15) is 32.1 Å². The lowest BCUT2D eigenvalue weighted by Gasteiger charge is -2.22. The van der Waals surface area contributed by atoms with E-state index in [0.29, 0.717) is 19.3 Å². The quantitative estimate of drug-likeness (QED) is 0.725. The molecule has 1 heterocycles. The van der Waals surface area contributed by atoms with Crippen molar-refractivity contribution < 1.29 is 9.84 Å². The van der Waals surface area contributed by atoms with Gasteiger partial charge in [0, 0.05) is 12.2 Å². The van der Waals surface area contributed by atoms with Gasteiger partial charge in [-0.2, -0.15) is 5.10 Å². The monoisotopic (exact) mass is 253 g/mol. The third-order valence-electron chi connectivity index (χ3n) is 3.31. The summed E-state index contributed by atoms with van der Waals surface area (Å²) >= 11 is 0. The zero-order valence-electron chi connectivity index (χ0n) is 10.8. The second-order valence-electron chi connectivity index (χ2n) is 4.81. The normalized spacial score (nSPS) is 16.9. The molecule has 0 atom stereocenters. The van der Waals surface area contributed by atoms with Crippen LogP contribution in [-0.4, -0.2) is 40.7 Å². The number of aliphatic hydroxyl groups excluding tert-OH is 1. The van der Waals surface area contributed by atoms with E-state index in [1.807, 2.05) is 17.1 Å². The van der Waals surface area contributed by atoms with Crippen LogP contribution in [0.25, 0.3) is 0 Å². The van der Waals surface area contributed by atoms with Crippen LogP contribution in [0.4, 0.5) is 5.69 Å². The largest absolute Gasteiger partial charge is 0.394 e. The average molecular weight is 253 g/mol. The minimum atomic E-state index is 0.0770. The Labute approximate surface area is 108 Å². The van der Waals surface area contributed by atoms with E-state index in [-0.39, 0.29) is 6.61 Å². The maximum atomic E-state index is 8.59. The van der Waals surface area contributed by atoms with E-state index in [0.717, 1.165) is 12.2 Å². The molecule has 102 valence electrons. The van der Waals surface area contributed by atoms with Gasteiger partial charge in [-0.1, -0.05) is 19.3 Å². The summed E-state index contributed by atoms with van der Waals surface area (Å²) < 4.78 is 7.09. The van der Waals surface area contributed by atoms with Gasteiger partial charge in [-0.3, -0.25) is 4.68 Å². The predicted molar refractivity (Wildman–Crippen MR) is 70.6 cm³/mol. The summed E-state index contributed by atoms with van der Waals surface area (Å²) in [6.45, 7) is 1.79. The third-order valence-corrected chi connectivity index (χ3v) is 3.31. The van der Waals surface area contributed by atoms with E-state index in [2.05, 4.69) is 10.4 Å². The number of aromatic nitrogens is 2. The molecule has 18 heavy (non-hydrogen) atoms. The number of ether oxygens (including phenoxy) is 1. The Hall–Kier alpha value is -1.07. The van der Waals surface area contributed by atoms with Crippen LogP contribution >= 0.6 is 0 Å². The SMILES string of the molecule is OCCOCCn1cc(NC2CCCCC2)cn1. The maximum Gasteiger partial charge on any atom is 0.0728 e. The van der Waals surface area contributed by atoms with Crippen molar-refractivity contribution in [1.29, 1.82) is 0 Å². The fourth-order valence-electron chi connectivity index (χ4n) is 2.37. The standard InChI is InChI=1S/C13H23N3O2/c17-7-9-18-8-6-16-11-13(10-14-16)15-12-4-2-1-3-5-12/h10-12,15,17H,1-9H2. The molecule has 5 nitrogen and oxygen atoms in total. The van der Waals surface area contributed by atoms with Gasteiger partial charge in [0.15, 0.2) is 0 Å². The lowest BCUT2D eigenvalue weighted by Crippen LogP contribution is -2.21. The molecule has 1 aliphatic carbocycles. The highest BCUT2D eigenvalue weighted by atomic mass is 16.5. The summed E-state index contributed by atoms with van der Waals surface area (Å²) in [6.07, 6.45) is 10.5. The molecule has 0 amide bonds. The summed E-state index contributed by atoms with van der Waals surface area (Å²) in [5.41, 5.74) is 1.10.